The molecule has 3 rings (SSSR count). The van der Waals surface area contributed by atoms with E-state index >= 15 is 0 Å². The van der Waals surface area contributed by atoms with E-state index < -0.39 is 0 Å². The molecule has 1 N–H and O–H groups in total. The van der Waals surface area contributed by atoms with Crippen molar-refractivity contribution in [2.45, 2.75) is 25.9 Å². The van der Waals surface area contributed by atoms with Gasteiger partial charge in [0.1, 0.15) is 5.75 Å². The monoisotopic (exact) mass is 411 g/mol. The van der Waals surface area contributed by atoms with Crippen molar-refractivity contribution >= 4 is 27.6 Å². The second kappa shape index (κ2) is 8.47. The fourth-order valence-corrected chi connectivity index (χ4v) is 3.48. The lowest BCUT2D eigenvalue weighted by Gasteiger charge is -2.16. The van der Waals surface area contributed by atoms with Crippen molar-refractivity contribution in [1.29, 1.82) is 0 Å². The largest absolute Gasteiger partial charge is 0.507 e. The summed E-state index contributed by atoms with van der Waals surface area (Å²) in [4.78, 5) is 4.49. The number of rotatable bonds is 6. The molecule has 1 unspecified atom stereocenters. The average Bonchev–Trinajstić information content (AvgIpc) is 3.11. The third-order valence-corrected chi connectivity index (χ3v) is 4.92. The van der Waals surface area contributed by atoms with Crippen LogP contribution in [0.1, 0.15) is 31.0 Å². The lowest BCUT2D eigenvalue weighted by molar-refractivity contribution is 0.117. The fraction of sp³-hybridized carbons (Fsp3) is 0.227. The molecule has 0 radical (unpaired) electrons. The summed E-state index contributed by atoms with van der Waals surface area (Å²) in [6.07, 6.45) is 7.60. The highest BCUT2D eigenvalue weighted by Gasteiger charge is 2.21. The minimum absolute atomic E-state index is 0.0655. The molecule has 0 bridgehead atoms. The molecule has 26 heavy (non-hydrogen) atoms. The smallest absolute Gasteiger partial charge is 0.122 e. The number of pyridine rings is 1. The van der Waals surface area contributed by atoms with Crippen LogP contribution in [-0.4, -0.2) is 22.8 Å². The van der Waals surface area contributed by atoms with Crippen molar-refractivity contribution < 1.29 is 9.84 Å². The molecular weight excluding hydrogens is 390 g/mol. The van der Waals surface area contributed by atoms with Crippen molar-refractivity contribution in [2.24, 2.45) is 0 Å². The Hall–Kier alpha value is -2.17. The van der Waals surface area contributed by atoms with Gasteiger partial charge in [0, 0.05) is 16.2 Å². The Morgan fingerprint density at radius 1 is 1.38 bits per heavy atom. The van der Waals surface area contributed by atoms with Crippen molar-refractivity contribution in [3.05, 3.63) is 82.1 Å². The van der Waals surface area contributed by atoms with Crippen LogP contribution >= 0.6 is 15.9 Å². The molecule has 0 saturated carbocycles. The van der Waals surface area contributed by atoms with Crippen LogP contribution in [0.2, 0.25) is 0 Å². The van der Waals surface area contributed by atoms with Crippen LogP contribution in [0.5, 0.6) is 5.75 Å². The van der Waals surface area contributed by atoms with Gasteiger partial charge >= 0.3 is 0 Å². The van der Waals surface area contributed by atoms with Gasteiger partial charge in [-0.1, -0.05) is 40.2 Å². The van der Waals surface area contributed by atoms with Crippen LogP contribution < -0.4 is 0 Å². The highest BCUT2D eigenvalue weighted by Crippen LogP contribution is 2.31. The highest BCUT2D eigenvalue weighted by atomic mass is 79.9. The van der Waals surface area contributed by atoms with Crippen molar-refractivity contribution in [1.82, 2.24) is 4.98 Å². The first-order chi connectivity index (χ1) is 12.5. The van der Waals surface area contributed by atoms with E-state index in [0.29, 0.717) is 6.61 Å². The molecule has 1 aromatic carbocycles. The summed E-state index contributed by atoms with van der Waals surface area (Å²) >= 11 is 3.47. The number of benzene rings is 1. The number of halogens is 1. The number of allylic oxidation sites excluding steroid dienone is 1. The normalized spacial score (nSPS) is 17.2. The van der Waals surface area contributed by atoms with Gasteiger partial charge in [-0.2, -0.15) is 0 Å². The first-order valence-electron chi connectivity index (χ1n) is 8.62. The average molecular weight is 412 g/mol. The molecule has 134 valence electrons. The summed E-state index contributed by atoms with van der Waals surface area (Å²) in [6, 6.07) is 11.3. The topological polar surface area (TPSA) is 42.4 Å². The van der Waals surface area contributed by atoms with Crippen LogP contribution in [0.4, 0.5) is 0 Å². The van der Waals surface area contributed by atoms with Crippen molar-refractivity contribution in [3.8, 4) is 5.75 Å². The van der Waals surface area contributed by atoms with Crippen LogP contribution in [-0.2, 0) is 4.74 Å². The molecule has 0 spiro atoms. The van der Waals surface area contributed by atoms with E-state index in [9.17, 15) is 5.11 Å². The van der Waals surface area contributed by atoms with Crippen LogP contribution in [0, 0.1) is 0 Å². The molecule has 4 heteroatoms. The summed E-state index contributed by atoms with van der Waals surface area (Å²) in [5.74, 6) is 0.251. The zero-order chi connectivity index (χ0) is 18.5. The minimum atomic E-state index is 0.0655. The second-order valence-electron chi connectivity index (χ2n) is 6.39. The molecule has 1 atom stereocenters. The number of hydrogen-bond donors (Lipinski definition) is 1. The van der Waals surface area contributed by atoms with Gasteiger partial charge in [0.25, 0.3) is 0 Å². The van der Waals surface area contributed by atoms with Crippen LogP contribution in [0.25, 0.3) is 11.6 Å². The number of nitrogens with zero attached hydrogens (tertiary/aromatic N) is 1. The summed E-state index contributed by atoms with van der Waals surface area (Å²) in [5, 5.41) is 10.2. The van der Waals surface area contributed by atoms with Gasteiger partial charge in [-0.05, 0) is 67.3 Å². The van der Waals surface area contributed by atoms with Gasteiger partial charge < -0.3 is 9.84 Å². The Bertz CT molecular complexity index is 856. The molecule has 2 heterocycles. The molecule has 0 aliphatic carbocycles. The molecule has 3 nitrogen and oxygen atoms in total. The van der Waals surface area contributed by atoms with Gasteiger partial charge in [-0.15, -0.1) is 0 Å². The lowest BCUT2D eigenvalue weighted by Crippen LogP contribution is -2.11. The Morgan fingerprint density at radius 3 is 2.96 bits per heavy atom. The molecule has 0 saturated heterocycles. The van der Waals surface area contributed by atoms with Crippen LogP contribution in [0.3, 0.4) is 0 Å². The molecular formula is C22H22BrNO2. The number of ether oxygens (including phenoxy) is 1. The third kappa shape index (κ3) is 4.51. The molecule has 1 aromatic heterocycles. The Balaban J connectivity index is 1.87. The summed E-state index contributed by atoms with van der Waals surface area (Å²) in [6.45, 7) is 6.71. The van der Waals surface area contributed by atoms with E-state index in [1.54, 1.807) is 12.3 Å². The predicted molar refractivity (Wildman–Crippen MR) is 110 cm³/mol. The number of phenolic OH excluding ortho intramolecular Hbond substituents is 1. The zero-order valence-electron chi connectivity index (χ0n) is 14.8. The van der Waals surface area contributed by atoms with Crippen molar-refractivity contribution in [2.75, 3.05) is 6.61 Å². The van der Waals surface area contributed by atoms with Gasteiger partial charge in [0.2, 0.25) is 0 Å². The lowest BCUT2D eigenvalue weighted by atomic mass is 9.95. The van der Waals surface area contributed by atoms with Gasteiger partial charge in [0.05, 0.1) is 18.4 Å². The first-order valence-corrected chi connectivity index (χ1v) is 9.42. The van der Waals surface area contributed by atoms with E-state index in [-0.39, 0.29) is 11.9 Å². The minimum Gasteiger partial charge on any atom is -0.507 e. The standard InChI is InChI=1S/C22H22BrNO2/c1-15(2)19-10-12-26-22(19)9-6-16(20-5-3-4-11-24-20)13-17-14-18(23)7-8-21(17)25/h3-5,7-8,10-11,13-14,22,25H,1,6,9,12H2,2H3/b16-13-. The first kappa shape index (κ1) is 18.6. The highest BCUT2D eigenvalue weighted by molar-refractivity contribution is 9.10. The molecule has 2 aromatic rings. The Morgan fingerprint density at radius 2 is 2.23 bits per heavy atom. The molecule has 0 fully saturated rings. The maximum atomic E-state index is 10.2. The van der Waals surface area contributed by atoms with Gasteiger partial charge in [-0.3, -0.25) is 4.98 Å². The summed E-state index contributed by atoms with van der Waals surface area (Å²) < 4.78 is 6.77. The van der Waals surface area contributed by atoms with E-state index in [1.807, 2.05) is 43.3 Å². The fourth-order valence-electron chi connectivity index (χ4n) is 3.11. The van der Waals surface area contributed by atoms with E-state index in [2.05, 4.69) is 33.6 Å². The Kier molecular flexibility index (Phi) is 6.07. The maximum absolute atomic E-state index is 10.2. The summed E-state index contributed by atoms with van der Waals surface area (Å²) in [5.41, 5.74) is 4.99. The van der Waals surface area contributed by atoms with Gasteiger partial charge in [-0.25, -0.2) is 0 Å². The predicted octanol–water partition coefficient (Wildman–Crippen LogP) is 5.77. The third-order valence-electron chi connectivity index (χ3n) is 4.43. The molecule has 0 amide bonds. The van der Waals surface area contributed by atoms with Crippen LogP contribution in [0.15, 0.2) is 70.9 Å². The quantitative estimate of drug-likeness (QED) is 0.655. The number of phenols is 1. The van der Waals surface area contributed by atoms with E-state index in [4.69, 9.17) is 4.74 Å². The molecule has 1 aliphatic heterocycles. The maximum Gasteiger partial charge on any atom is 0.122 e. The summed E-state index contributed by atoms with van der Waals surface area (Å²) in [7, 11) is 0. The number of aromatic nitrogens is 1. The van der Waals surface area contributed by atoms with Crippen molar-refractivity contribution in [3.63, 3.8) is 0 Å². The number of aromatic hydroxyl groups is 1. The SMILES string of the molecule is C=C(C)C1=CCOC1CC/C(=C/c1cc(Br)ccc1O)c1ccccn1. The molecule has 1 aliphatic rings. The Labute approximate surface area is 162 Å². The van der Waals surface area contributed by atoms with E-state index in [1.165, 1.54) is 5.57 Å². The zero-order valence-corrected chi connectivity index (χ0v) is 16.4. The number of hydrogen-bond acceptors (Lipinski definition) is 3. The second-order valence-corrected chi connectivity index (χ2v) is 7.30. The van der Waals surface area contributed by atoms with E-state index in [0.717, 1.165) is 39.7 Å². The van der Waals surface area contributed by atoms with Gasteiger partial charge in [0.15, 0.2) is 0 Å².